The first-order valence-corrected chi connectivity index (χ1v) is 8.86. The van der Waals surface area contributed by atoms with Crippen molar-refractivity contribution in [3.8, 4) is 11.5 Å². The Balaban J connectivity index is 1.65. The van der Waals surface area contributed by atoms with Gasteiger partial charge in [-0.1, -0.05) is 18.2 Å². The maximum absolute atomic E-state index is 12.3. The highest BCUT2D eigenvalue weighted by Crippen LogP contribution is 2.41. The maximum atomic E-state index is 12.3. The molecule has 0 radical (unpaired) electrons. The van der Waals surface area contributed by atoms with Gasteiger partial charge in [0.15, 0.2) is 18.1 Å². The van der Waals surface area contributed by atoms with Crippen LogP contribution in [0.15, 0.2) is 36.4 Å². The molecule has 2 aromatic rings. The van der Waals surface area contributed by atoms with E-state index in [1.54, 1.807) is 24.3 Å². The summed E-state index contributed by atoms with van der Waals surface area (Å²) >= 11 is 0. The molecule has 142 valence electrons. The number of carbonyl (C=O) groups excluding carboxylic acids is 2. The van der Waals surface area contributed by atoms with Gasteiger partial charge in [-0.25, -0.2) is 0 Å². The van der Waals surface area contributed by atoms with Gasteiger partial charge in [0.2, 0.25) is 5.91 Å². The summed E-state index contributed by atoms with van der Waals surface area (Å²) in [5.74, 6) is 0.829. The minimum atomic E-state index is -0.284. The summed E-state index contributed by atoms with van der Waals surface area (Å²) in [7, 11) is 0. The first kappa shape index (κ1) is 18.8. The molecule has 1 aliphatic heterocycles. The molecule has 2 amide bonds. The van der Waals surface area contributed by atoms with Crippen LogP contribution in [0, 0.1) is 6.92 Å². The minimum absolute atomic E-state index is 0.135. The highest BCUT2D eigenvalue weighted by Gasteiger charge is 2.32. The highest BCUT2D eigenvalue weighted by atomic mass is 16.5. The molecular weight excluding hydrogens is 344 g/mol. The largest absolute Gasteiger partial charge is 0.483 e. The molecule has 3 rings (SSSR count). The summed E-state index contributed by atoms with van der Waals surface area (Å²) in [6.07, 6.45) is 0.806. The topological polar surface area (TPSA) is 76.7 Å². The molecule has 0 aliphatic carbocycles. The van der Waals surface area contributed by atoms with Crippen molar-refractivity contribution < 1.29 is 19.1 Å². The molecule has 0 aromatic heterocycles. The molecule has 0 unspecified atom stereocenters. The van der Waals surface area contributed by atoms with E-state index in [0.717, 1.165) is 17.5 Å². The van der Waals surface area contributed by atoms with Crippen LogP contribution in [0.25, 0.3) is 0 Å². The molecule has 0 bridgehead atoms. The van der Waals surface area contributed by atoms with Crippen LogP contribution in [0.5, 0.6) is 11.5 Å². The van der Waals surface area contributed by atoms with Crippen molar-refractivity contribution >= 4 is 23.2 Å². The smallest absolute Gasteiger partial charge is 0.262 e. The first-order chi connectivity index (χ1) is 12.7. The number of hydrogen-bond acceptors (Lipinski definition) is 4. The average Bonchev–Trinajstić information content (AvgIpc) is 2.90. The standard InChI is InChI=1S/C21H24N2O4/c1-13-16(22-14(2)24)8-6-9-17(13)23-19(25)12-26-18-10-5-7-15-11-21(3,4)27-20(15)18/h5-10H,11-12H2,1-4H3,(H,22,24)(H,23,25). The van der Waals surface area contributed by atoms with E-state index < -0.39 is 0 Å². The van der Waals surface area contributed by atoms with E-state index in [-0.39, 0.29) is 24.0 Å². The molecule has 0 saturated carbocycles. The number of rotatable bonds is 5. The molecule has 6 heteroatoms. The lowest BCUT2D eigenvalue weighted by atomic mass is 10.0. The van der Waals surface area contributed by atoms with E-state index >= 15 is 0 Å². The third-order valence-electron chi connectivity index (χ3n) is 4.33. The van der Waals surface area contributed by atoms with Gasteiger partial charge in [0.05, 0.1) is 0 Å². The van der Waals surface area contributed by atoms with Gasteiger partial charge in [-0.3, -0.25) is 9.59 Å². The van der Waals surface area contributed by atoms with Crippen molar-refractivity contribution in [3.05, 3.63) is 47.5 Å². The predicted octanol–water partition coefficient (Wildman–Crippen LogP) is 3.68. The number of amides is 2. The Kier molecular flexibility index (Phi) is 5.08. The lowest BCUT2D eigenvalue weighted by molar-refractivity contribution is -0.118. The van der Waals surface area contributed by atoms with Crippen LogP contribution in [0.3, 0.4) is 0 Å². The maximum Gasteiger partial charge on any atom is 0.262 e. The van der Waals surface area contributed by atoms with Gasteiger partial charge in [-0.15, -0.1) is 0 Å². The van der Waals surface area contributed by atoms with Crippen molar-refractivity contribution in [3.63, 3.8) is 0 Å². The van der Waals surface area contributed by atoms with E-state index in [9.17, 15) is 9.59 Å². The van der Waals surface area contributed by atoms with E-state index in [1.165, 1.54) is 6.92 Å². The predicted molar refractivity (Wildman–Crippen MR) is 104 cm³/mol. The first-order valence-electron chi connectivity index (χ1n) is 8.86. The number of hydrogen-bond donors (Lipinski definition) is 2. The molecule has 6 nitrogen and oxygen atoms in total. The molecule has 2 aromatic carbocycles. The van der Waals surface area contributed by atoms with Crippen molar-refractivity contribution in [2.24, 2.45) is 0 Å². The van der Waals surface area contributed by atoms with Crippen molar-refractivity contribution in [1.82, 2.24) is 0 Å². The molecule has 27 heavy (non-hydrogen) atoms. The molecule has 0 fully saturated rings. The molecule has 1 heterocycles. The normalized spacial score (nSPS) is 14.1. The number of fused-ring (bicyclic) bond motifs is 1. The zero-order valence-electron chi connectivity index (χ0n) is 16.0. The molecule has 0 spiro atoms. The second kappa shape index (κ2) is 7.31. The van der Waals surface area contributed by atoms with Crippen LogP contribution in [0.1, 0.15) is 31.9 Å². The van der Waals surface area contributed by atoms with Gasteiger partial charge < -0.3 is 20.1 Å². The minimum Gasteiger partial charge on any atom is -0.483 e. The summed E-state index contributed by atoms with van der Waals surface area (Å²) in [6, 6.07) is 11.1. The number of nitrogens with one attached hydrogen (secondary N) is 2. The Morgan fingerprint density at radius 3 is 2.48 bits per heavy atom. The Morgan fingerprint density at radius 2 is 1.78 bits per heavy atom. The fourth-order valence-electron chi connectivity index (χ4n) is 3.13. The second-order valence-electron chi connectivity index (χ2n) is 7.28. The molecule has 0 saturated heterocycles. The van der Waals surface area contributed by atoms with Gasteiger partial charge in [0.25, 0.3) is 5.91 Å². The summed E-state index contributed by atoms with van der Waals surface area (Å²) in [5.41, 5.74) is 2.89. The third kappa shape index (κ3) is 4.39. The molecular formula is C21H24N2O4. The van der Waals surface area contributed by atoms with Crippen LogP contribution >= 0.6 is 0 Å². The Labute approximate surface area is 158 Å². The summed E-state index contributed by atoms with van der Waals surface area (Å²) in [5, 5.41) is 5.56. The van der Waals surface area contributed by atoms with Crippen molar-refractivity contribution in [2.45, 2.75) is 39.7 Å². The third-order valence-corrected chi connectivity index (χ3v) is 4.33. The van der Waals surface area contributed by atoms with Gasteiger partial charge in [-0.2, -0.15) is 0 Å². The van der Waals surface area contributed by atoms with Gasteiger partial charge in [0, 0.05) is 30.3 Å². The summed E-state index contributed by atoms with van der Waals surface area (Å²) in [4.78, 5) is 23.6. The highest BCUT2D eigenvalue weighted by molar-refractivity contribution is 5.95. The Hall–Kier alpha value is -3.02. The number of anilines is 2. The van der Waals surface area contributed by atoms with Crippen LogP contribution in [-0.2, 0) is 16.0 Å². The van der Waals surface area contributed by atoms with Crippen LogP contribution in [0.4, 0.5) is 11.4 Å². The number of para-hydroxylation sites is 1. The zero-order valence-corrected chi connectivity index (χ0v) is 16.0. The van der Waals surface area contributed by atoms with Crippen LogP contribution in [-0.4, -0.2) is 24.0 Å². The lowest BCUT2D eigenvalue weighted by Gasteiger charge is -2.18. The SMILES string of the molecule is CC(=O)Nc1cccc(NC(=O)COc2cccc3c2OC(C)(C)C3)c1C. The van der Waals surface area contributed by atoms with Gasteiger partial charge in [0.1, 0.15) is 5.60 Å². The number of benzene rings is 2. The van der Waals surface area contributed by atoms with Crippen LogP contribution < -0.4 is 20.1 Å². The van der Waals surface area contributed by atoms with Crippen LogP contribution in [0.2, 0.25) is 0 Å². The van der Waals surface area contributed by atoms with Crippen molar-refractivity contribution in [1.29, 1.82) is 0 Å². The Morgan fingerprint density at radius 1 is 1.11 bits per heavy atom. The van der Waals surface area contributed by atoms with E-state index in [0.29, 0.717) is 22.9 Å². The lowest BCUT2D eigenvalue weighted by Crippen LogP contribution is -2.25. The number of ether oxygens (including phenoxy) is 2. The molecule has 2 N–H and O–H groups in total. The fraction of sp³-hybridized carbons (Fsp3) is 0.333. The van der Waals surface area contributed by atoms with Crippen molar-refractivity contribution in [2.75, 3.05) is 17.2 Å². The van der Waals surface area contributed by atoms with Gasteiger partial charge >= 0.3 is 0 Å². The van der Waals surface area contributed by atoms with E-state index in [2.05, 4.69) is 10.6 Å². The summed E-state index contributed by atoms with van der Waals surface area (Å²) in [6.45, 7) is 7.19. The number of carbonyl (C=O) groups is 2. The molecule has 1 aliphatic rings. The van der Waals surface area contributed by atoms with Gasteiger partial charge in [-0.05, 0) is 44.5 Å². The van der Waals surface area contributed by atoms with E-state index in [1.807, 2.05) is 32.9 Å². The zero-order chi connectivity index (χ0) is 19.6. The fourth-order valence-corrected chi connectivity index (χ4v) is 3.13. The Bertz CT molecular complexity index is 890. The quantitative estimate of drug-likeness (QED) is 0.844. The molecule has 0 atom stereocenters. The van der Waals surface area contributed by atoms with E-state index in [4.69, 9.17) is 9.47 Å². The second-order valence-corrected chi connectivity index (χ2v) is 7.28. The summed E-state index contributed by atoms with van der Waals surface area (Å²) < 4.78 is 11.7. The average molecular weight is 368 g/mol. The monoisotopic (exact) mass is 368 g/mol.